The number of carbonyl (C=O) groups is 1. The van der Waals surface area contributed by atoms with Gasteiger partial charge in [-0.1, -0.05) is 48.9 Å². The minimum absolute atomic E-state index is 0.118. The van der Waals surface area contributed by atoms with Crippen LogP contribution in [-0.2, 0) is 0 Å². The normalized spacial score (nSPS) is 17.2. The lowest BCUT2D eigenvalue weighted by Gasteiger charge is -2.16. The van der Waals surface area contributed by atoms with E-state index in [2.05, 4.69) is 10.3 Å². The molecule has 3 nitrogen and oxygen atoms in total. The molecule has 1 N–H and O–H groups in total. The van der Waals surface area contributed by atoms with E-state index >= 15 is 0 Å². The molecule has 0 unspecified atom stereocenters. The van der Waals surface area contributed by atoms with Gasteiger partial charge < -0.3 is 5.32 Å². The first-order chi connectivity index (χ1) is 8.66. The Kier molecular flexibility index (Phi) is 4.84. The first kappa shape index (κ1) is 13.6. The monoisotopic (exact) mass is 286 g/mol. The lowest BCUT2D eigenvalue weighted by molar-refractivity contribution is 0.0933. The molecular weight excluding hydrogens is 271 g/mol. The Morgan fingerprint density at radius 2 is 1.89 bits per heavy atom. The van der Waals surface area contributed by atoms with E-state index in [1.807, 2.05) is 0 Å². The van der Waals surface area contributed by atoms with Crippen molar-refractivity contribution in [2.45, 2.75) is 44.6 Å². The van der Waals surface area contributed by atoms with Crippen molar-refractivity contribution < 1.29 is 4.79 Å². The van der Waals surface area contributed by atoms with Gasteiger partial charge in [0.2, 0.25) is 0 Å². The predicted octanol–water partition coefficient (Wildman–Crippen LogP) is 3.84. The van der Waals surface area contributed by atoms with E-state index in [1.165, 1.54) is 31.9 Å². The topological polar surface area (TPSA) is 42.0 Å². The van der Waals surface area contributed by atoms with Gasteiger partial charge in [-0.2, -0.15) is 0 Å². The smallest absolute Gasteiger partial charge is 0.253 e. The zero-order valence-electron chi connectivity index (χ0n) is 10.1. The predicted molar refractivity (Wildman–Crippen MR) is 73.2 cm³/mol. The Balaban J connectivity index is 1.99. The van der Waals surface area contributed by atoms with Gasteiger partial charge in [0.25, 0.3) is 5.91 Å². The highest BCUT2D eigenvalue weighted by molar-refractivity contribution is 6.41. The van der Waals surface area contributed by atoms with Crippen LogP contribution >= 0.6 is 23.2 Å². The Labute approximate surface area is 117 Å². The molecule has 1 aromatic heterocycles. The van der Waals surface area contributed by atoms with Gasteiger partial charge in [-0.05, 0) is 18.9 Å². The van der Waals surface area contributed by atoms with Crippen molar-refractivity contribution in [3.63, 3.8) is 0 Å². The van der Waals surface area contributed by atoms with Crippen molar-refractivity contribution in [1.29, 1.82) is 0 Å². The zero-order valence-corrected chi connectivity index (χ0v) is 11.6. The number of nitrogens with zero attached hydrogens (tertiary/aromatic N) is 1. The van der Waals surface area contributed by atoms with Crippen LogP contribution in [-0.4, -0.2) is 16.9 Å². The van der Waals surface area contributed by atoms with E-state index < -0.39 is 0 Å². The molecule has 1 heterocycles. The molecule has 2 rings (SSSR count). The van der Waals surface area contributed by atoms with Crippen molar-refractivity contribution in [2.75, 3.05) is 0 Å². The highest BCUT2D eigenvalue weighted by Crippen LogP contribution is 2.21. The summed E-state index contributed by atoms with van der Waals surface area (Å²) >= 11 is 11.6. The number of pyridine rings is 1. The van der Waals surface area contributed by atoms with E-state index in [1.54, 1.807) is 6.07 Å². The Morgan fingerprint density at radius 1 is 1.22 bits per heavy atom. The summed E-state index contributed by atoms with van der Waals surface area (Å²) in [6.07, 6.45) is 8.47. The van der Waals surface area contributed by atoms with Crippen LogP contribution in [0.15, 0.2) is 12.3 Å². The Bertz CT molecular complexity index is 429. The average Bonchev–Trinajstić information content (AvgIpc) is 2.61. The molecule has 0 bridgehead atoms. The van der Waals surface area contributed by atoms with Crippen LogP contribution in [0.1, 0.15) is 48.9 Å². The van der Waals surface area contributed by atoms with Crippen LogP contribution in [0.3, 0.4) is 0 Å². The van der Waals surface area contributed by atoms with E-state index in [4.69, 9.17) is 23.2 Å². The molecule has 1 aliphatic carbocycles. The van der Waals surface area contributed by atoms with Gasteiger partial charge in [-0.3, -0.25) is 4.79 Å². The van der Waals surface area contributed by atoms with Crippen molar-refractivity contribution in [2.24, 2.45) is 0 Å². The molecule has 18 heavy (non-hydrogen) atoms. The standard InChI is InChI=1S/C13H16Cl2N2O/c14-11-7-9(8-16-12(11)15)13(18)17-10-5-3-1-2-4-6-10/h7-8,10H,1-6H2,(H,17,18). The van der Waals surface area contributed by atoms with E-state index in [0.717, 1.165) is 12.8 Å². The fraction of sp³-hybridized carbons (Fsp3) is 0.538. The van der Waals surface area contributed by atoms with Crippen LogP contribution in [0, 0.1) is 0 Å². The van der Waals surface area contributed by atoms with E-state index in [0.29, 0.717) is 10.6 Å². The molecule has 0 saturated heterocycles. The molecule has 0 spiro atoms. The highest BCUT2D eigenvalue weighted by atomic mass is 35.5. The Morgan fingerprint density at radius 3 is 2.50 bits per heavy atom. The summed E-state index contributed by atoms with van der Waals surface area (Å²) in [5.74, 6) is -0.118. The SMILES string of the molecule is O=C(NC1CCCCCC1)c1cnc(Cl)c(Cl)c1. The summed E-state index contributed by atoms with van der Waals surface area (Å²) in [5, 5.41) is 3.58. The maximum Gasteiger partial charge on any atom is 0.253 e. The summed E-state index contributed by atoms with van der Waals surface area (Å²) in [6.45, 7) is 0. The summed E-state index contributed by atoms with van der Waals surface area (Å²) < 4.78 is 0. The van der Waals surface area contributed by atoms with E-state index in [-0.39, 0.29) is 17.1 Å². The second-order valence-corrected chi connectivity index (χ2v) is 5.42. The zero-order chi connectivity index (χ0) is 13.0. The largest absolute Gasteiger partial charge is 0.349 e. The fourth-order valence-corrected chi connectivity index (χ4v) is 2.51. The maximum absolute atomic E-state index is 12.0. The third-order valence-corrected chi connectivity index (χ3v) is 3.93. The molecule has 1 fully saturated rings. The molecule has 1 aromatic rings. The Hall–Kier alpha value is -0.800. The first-order valence-electron chi connectivity index (χ1n) is 6.29. The molecule has 1 saturated carbocycles. The molecule has 5 heteroatoms. The number of hydrogen-bond acceptors (Lipinski definition) is 2. The number of rotatable bonds is 2. The number of halogens is 2. The highest BCUT2D eigenvalue weighted by Gasteiger charge is 2.16. The average molecular weight is 287 g/mol. The molecule has 0 aromatic carbocycles. The lowest BCUT2D eigenvalue weighted by atomic mass is 10.1. The number of nitrogens with one attached hydrogen (secondary N) is 1. The van der Waals surface area contributed by atoms with Crippen LogP contribution in [0.4, 0.5) is 0 Å². The van der Waals surface area contributed by atoms with Crippen molar-refractivity contribution in [3.8, 4) is 0 Å². The van der Waals surface area contributed by atoms with E-state index in [9.17, 15) is 4.79 Å². The van der Waals surface area contributed by atoms with Crippen LogP contribution in [0.5, 0.6) is 0 Å². The molecular formula is C13H16Cl2N2O. The molecule has 1 amide bonds. The molecule has 1 aliphatic rings. The molecule has 98 valence electrons. The van der Waals surface area contributed by atoms with Gasteiger partial charge in [-0.25, -0.2) is 4.98 Å². The van der Waals surface area contributed by atoms with Gasteiger partial charge >= 0.3 is 0 Å². The summed E-state index contributed by atoms with van der Waals surface area (Å²) in [7, 11) is 0. The second-order valence-electron chi connectivity index (χ2n) is 4.66. The van der Waals surface area contributed by atoms with Gasteiger partial charge in [0.1, 0.15) is 5.15 Å². The number of carbonyl (C=O) groups excluding carboxylic acids is 1. The van der Waals surface area contributed by atoms with Gasteiger partial charge in [0.05, 0.1) is 10.6 Å². The third kappa shape index (κ3) is 3.59. The van der Waals surface area contributed by atoms with Gasteiger partial charge in [0.15, 0.2) is 0 Å². The van der Waals surface area contributed by atoms with Gasteiger partial charge in [0, 0.05) is 12.2 Å². The molecule has 0 atom stereocenters. The van der Waals surface area contributed by atoms with Crippen molar-refractivity contribution >= 4 is 29.1 Å². The van der Waals surface area contributed by atoms with Crippen LogP contribution < -0.4 is 5.32 Å². The fourth-order valence-electron chi connectivity index (χ4n) is 2.24. The number of aromatic nitrogens is 1. The summed E-state index contributed by atoms with van der Waals surface area (Å²) in [5.41, 5.74) is 0.466. The molecule has 0 aliphatic heterocycles. The summed E-state index contributed by atoms with van der Waals surface area (Å²) in [6, 6.07) is 1.83. The molecule has 0 radical (unpaired) electrons. The van der Waals surface area contributed by atoms with Gasteiger partial charge in [-0.15, -0.1) is 0 Å². The van der Waals surface area contributed by atoms with Crippen LogP contribution in [0.2, 0.25) is 10.2 Å². The quantitative estimate of drug-likeness (QED) is 0.663. The first-order valence-corrected chi connectivity index (χ1v) is 7.04. The summed E-state index contributed by atoms with van der Waals surface area (Å²) in [4.78, 5) is 15.9. The lowest BCUT2D eigenvalue weighted by Crippen LogP contribution is -2.34. The number of amides is 1. The number of hydrogen-bond donors (Lipinski definition) is 1. The van der Waals surface area contributed by atoms with Crippen molar-refractivity contribution in [3.05, 3.63) is 28.0 Å². The van der Waals surface area contributed by atoms with Crippen LogP contribution in [0.25, 0.3) is 0 Å². The maximum atomic E-state index is 12.0. The minimum atomic E-state index is -0.118. The third-order valence-electron chi connectivity index (χ3n) is 3.25. The van der Waals surface area contributed by atoms with Crippen molar-refractivity contribution in [1.82, 2.24) is 10.3 Å². The minimum Gasteiger partial charge on any atom is -0.349 e. The second kappa shape index (κ2) is 6.39.